The summed E-state index contributed by atoms with van der Waals surface area (Å²) in [5.41, 5.74) is 6.79. The van der Waals surface area contributed by atoms with Crippen molar-refractivity contribution in [3.05, 3.63) is 29.1 Å². The van der Waals surface area contributed by atoms with Crippen LogP contribution in [-0.2, 0) is 12.8 Å². The molecule has 1 aromatic carbocycles. The number of rotatable bonds is 2. The molecule has 2 nitrogen and oxygen atoms in total. The predicted octanol–water partition coefficient (Wildman–Crippen LogP) is 1.26. The first-order chi connectivity index (χ1) is 6.33. The fraction of sp³-hybridized carbons (Fsp3) is 0.400. The fourth-order valence-electron chi connectivity index (χ4n) is 1.63. The van der Waals surface area contributed by atoms with E-state index in [9.17, 15) is 4.39 Å². The molecule has 0 aliphatic carbocycles. The highest BCUT2D eigenvalue weighted by Crippen LogP contribution is 2.29. The standard InChI is InChI=1S/C10H12FNO/c11-10-7(3-5-12)1-2-9-8(10)4-6-13-9/h1-2H,3-6,12H2. The van der Waals surface area contributed by atoms with Gasteiger partial charge in [0.2, 0.25) is 0 Å². The number of hydrogen-bond acceptors (Lipinski definition) is 2. The Balaban J connectivity index is 2.40. The topological polar surface area (TPSA) is 35.2 Å². The number of benzene rings is 1. The fourth-order valence-corrected chi connectivity index (χ4v) is 1.63. The zero-order chi connectivity index (χ0) is 9.26. The van der Waals surface area contributed by atoms with Crippen LogP contribution < -0.4 is 10.5 Å². The van der Waals surface area contributed by atoms with Gasteiger partial charge in [0.15, 0.2) is 0 Å². The number of halogens is 1. The molecule has 2 rings (SSSR count). The second-order valence-electron chi connectivity index (χ2n) is 3.15. The molecule has 3 heteroatoms. The Kier molecular flexibility index (Phi) is 2.19. The molecule has 0 saturated carbocycles. The Hall–Kier alpha value is -1.09. The van der Waals surface area contributed by atoms with Gasteiger partial charge >= 0.3 is 0 Å². The number of fused-ring (bicyclic) bond motifs is 1. The van der Waals surface area contributed by atoms with Gasteiger partial charge in [0, 0.05) is 12.0 Å². The molecule has 0 spiro atoms. The van der Waals surface area contributed by atoms with E-state index in [1.165, 1.54) is 0 Å². The third-order valence-corrected chi connectivity index (χ3v) is 2.30. The average Bonchev–Trinajstić information content (AvgIpc) is 2.58. The summed E-state index contributed by atoms with van der Waals surface area (Å²) in [6.07, 6.45) is 1.28. The lowest BCUT2D eigenvalue weighted by Crippen LogP contribution is -2.05. The first-order valence-corrected chi connectivity index (χ1v) is 4.46. The van der Waals surface area contributed by atoms with E-state index in [-0.39, 0.29) is 5.82 Å². The first kappa shape index (κ1) is 8.51. The van der Waals surface area contributed by atoms with Crippen molar-refractivity contribution in [1.82, 2.24) is 0 Å². The van der Waals surface area contributed by atoms with Crippen LogP contribution in [0.1, 0.15) is 11.1 Å². The van der Waals surface area contributed by atoms with Crippen LogP contribution in [0.3, 0.4) is 0 Å². The van der Waals surface area contributed by atoms with E-state index in [0.717, 1.165) is 0 Å². The van der Waals surface area contributed by atoms with Crippen LogP contribution in [0.25, 0.3) is 0 Å². The molecule has 0 amide bonds. The summed E-state index contributed by atoms with van der Waals surface area (Å²) in [4.78, 5) is 0. The van der Waals surface area contributed by atoms with Crippen molar-refractivity contribution in [2.45, 2.75) is 12.8 Å². The van der Waals surface area contributed by atoms with Crippen molar-refractivity contribution in [1.29, 1.82) is 0 Å². The zero-order valence-corrected chi connectivity index (χ0v) is 7.35. The molecule has 0 radical (unpaired) electrons. The summed E-state index contributed by atoms with van der Waals surface area (Å²) in [5.74, 6) is 0.568. The lowest BCUT2D eigenvalue weighted by atomic mass is 10.1. The van der Waals surface area contributed by atoms with Gasteiger partial charge in [0.1, 0.15) is 11.6 Å². The van der Waals surface area contributed by atoms with Crippen LogP contribution >= 0.6 is 0 Å². The lowest BCUT2D eigenvalue weighted by molar-refractivity contribution is 0.356. The number of ether oxygens (including phenoxy) is 1. The van der Waals surface area contributed by atoms with Crippen LogP contribution in [0.15, 0.2) is 12.1 Å². The monoisotopic (exact) mass is 181 g/mol. The Morgan fingerprint density at radius 1 is 1.46 bits per heavy atom. The normalized spacial score (nSPS) is 14.0. The quantitative estimate of drug-likeness (QED) is 0.745. The van der Waals surface area contributed by atoms with Crippen molar-refractivity contribution in [2.24, 2.45) is 5.73 Å². The minimum atomic E-state index is -0.125. The summed E-state index contributed by atoms with van der Waals surface area (Å²) >= 11 is 0. The smallest absolute Gasteiger partial charge is 0.133 e. The van der Waals surface area contributed by atoms with Crippen molar-refractivity contribution >= 4 is 0 Å². The molecule has 0 unspecified atom stereocenters. The van der Waals surface area contributed by atoms with Crippen LogP contribution in [-0.4, -0.2) is 13.2 Å². The minimum absolute atomic E-state index is 0.125. The molecule has 70 valence electrons. The van der Waals surface area contributed by atoms with Crippen molar-refractivity contribution in [3.8, 4) is 5.75 Å². The maximum atomic E-state index is 13.6. The van der Waals surface area contributed by atoms with Gasteiger partial charge in [-0.15, -0.1) is 0 Å². The molecule has 1 aromatic rings. The molecular weight excluding hydrogens is 169 g/mol. The van der Waals surface area contributed by atoms with Crippen LogP contribution in [0.5, 0.6) is 5.75 Å². The Morgan fingerprint density at radius 3 is 3.08 bits per heavy atom. The van der Waals surface area contributed by atoms with Crippen LogP contribution in [0, 0.1) is 5.82 Å². The molecule has 1 aliphatic heterocycles. The van der Waals surface area contributed by atoms with E-state index in [2.05, 4.69) is 0 Å². The van der Waals surface area contributed by atoms with E-state index in [1.807, 2.05) is 6.07 Å². The maximum absolute atomic E-state index is 13.6. The second-order valence-corrected chi connectivity index (χ2v) is 3.15. The van der Waals surface area contributed by atoms with Gasteiger partial charge < -0.3 is 10.5 Å². The predicted molar refractivity (Wildman–Crippen MR) is 48.4 cm³/mol. The SMILES string of the molecule is NCCc1ccc2c(c1F)CCO2. The lowest BCUT2D eigenvalue weighted by Gasteiger charge is -2.05. The molecule has 0 atom stereocenters. The van der Waals surface area contributed by atoms with E-state index < -0.39 is 0 Å². The molecule has 0 aromatic heterocycles. The van der Waals surface area contributed by atoms with Gasteiger partial charge in [-0.1, -0.05) is 6.07 Å². The molecule has 1 heterocycles. The van der Waals surface area contributed by atoms with Gasteiger partial charge in [-0.25, -0.2) is 4.39 Å². The van der Waals surface area contributed by atoms with Crippen LogP contribution in [0.2, 0.25) is 0 Å². The van der Waals surface area contributed by atoms with E-state index in [4.69, 9.17) is 10.5 Å². The Morgan fingerprint density at radius 2 is 2.31 bits per heavy atom. The molecule has 0 saturated heterocycles. The number of nitrogens with two attached hydrogens (primary N) is 1. The average molecular weight is 181 g/mol. The van der Waals surface area contributed by atoms with Crippen LogP contribution in [0.4, 0.5) is 4.39 Å². The van der Waals surface area contributed by atoms with Crippen molar-refractivity contribution in [3.63, 3.8) is 0 Å². The summed E-state index contributed by atoms with van der Waals surface area (Å²) in [7, 11) is 0. The largest absolute Gasteiger partial charge is 0.493 e. The second kappa shape index (κ2) is 3.34. The third-order valence-electron chi connectivity index (χ3n) is 2.30. The highest BCUT2D eigenvalue weighted by Gasteiger charge is 2.18. The van der Waals surface area contributed by atoms with Gasteiger partial charge in [0.25, 0.3) is 0 Å². The molecule has 0 fully saturated rings. The van der Waals surface area contributed by atoms with Crippen molar-refractivity contribution < 1.29 is 9.13 Å². The zero-order valence-electron chi connectivity index (χ0n) is 7.35. The Bertz CT molecular complexity index is 325. The summed E-state index contributed by atoms with van der Waals surface area (Å²) in [6.45, 7) is 1.08. The first-order valence-electron chi connectivity index (χ1n) is 4.46. The molecule has 0 bridgehead atoms. The third kappa shape index (κ3) is 1.40. The molecule has 1 aliphatic rings. The highest BCUT2D eigenvalue weighted by atomic mass is 19.1. The highest BCUT2D eigenvalue weighted by molar-refractivity contribution is 5.41. The van der Waals surface area contributed by atoms with Gasteiger partial charge in [-0.05, 0) is 24.6 Å². The van der Waals surface area contributed by atoms with Gasteiger partial charge in [-0.2, -0.15) is 0 Å². The van der Waals surface area contributed by atoms with Crippen molar-refractivity contribution in [2.75, 3.05) is 13.2 Å². The summed E-state index contributed by atoms with van der Waals surface area (Å²) in [6, 6.07) is 3.59. The van der Waals surface area contributed by atoms with Gasteiger partial charge in [0.05, 0.1) is 6.61 Å². The van der Waals surface area contributed by atoms with E-state index in [1.54, 1.807) is 6.07 Å². The summed E-state index contributed by atoms with van der Waals surface area (Å²) < 4.78 is 18.9. The van der Waals surface area contributed by atoms with E-state index >= 15 is 0 Å². The molecule has 2 N–H and O–H groups in total. The maximum Gasteiger partial charge on any atom is 0.133 e. The molecular formula is C10H12FNO. The summed E-state index contributed by atoms with van der Waals surface area (Å²) in [5, 5.41) is 0. The van der Waals surface area contributed by atoms with E-state index in [0.29, 0.717) is 42.9 Å². The Labute approximate surface area is 76.5 Å². The molecule has 13 heavy (non-hydrogen) atoms. The van der Waals surface area contributed by atoms with Gasteiger partial charge in [-0.3, -0.25) is 0 Å². The number of hydrogen-bond donors (Lipinski definition) is 1. The minimum Gasteiger partial charge on any atom is -0.493 e.